The zero-order valence-electron chi connectivity index (χ0n) is 12.2. The second-order valence-corrected chi connectivity index (χ2v) is 4.96. The van der Waals surface area contributed by atoms with E-state index >= 15 is 0 Å². The lowest BCUT2D eigenvalue weighted by molar-refractivity contribution is 0.297. The van der Waals surface area contributed by atoms with Gasteiger partial charge in [-0.1, -0.05) is 53.7 Å². The van der Waals surface area contributed by atoms with Crippen LogP contribution in [0.1, 0.15) is 5.56 Å². The second-order valence-electron chi connectivity index (χ2n) is 4.96. The van der Waals surface area contributed by atoms with Gasteiger partial charge in [0.05, 0.1) is 5.69 Å². The summed E-state index contributed by atoms with van der Waals surface area (Å²) in [4.78, 5) is 8.46. The second kappa shape index (κ2) is 5.84. The summed E-state index contributed by atoms with van der Waals surface area (Å²) >= 11 is 0. The van der Waals surface area contributed by atoms with Gasteiger partial charge in [0.15, 0.2) is 11.2 Å². The van der Waals surface area contributed by atoms with Crippen LogP contribution in [-0.4, -0.2) is 25.0 Å². The summed E-state index contributed by atoms with van der Waals surface area (Å²) in [6.45, 7) is 0.422. The molecule has 112 valence electrons. The highest BCUT2D eigenvalue weighted by Crippen LogP contribution is 2.21. The number of nitrogens with zero attached hydrogens (tertiary/aromatic N) is 5. The molecule has 0 saturated carbocycles. The number of benzene rings is 2. The van der Waals surface area contributed by atoms with Gasteiger partial charge in [0.25, 0.3) is 0 Å². The van der Waals surface area contributed by atoms with Crippen molar-refractivity contribution < 1.29 is 4.74 Å². The molecule has 0 aliphatic carbocycles. The Morgan fingerprint density at radius 1 is 0.870 bits per heavy atom. The summed E-state index contributed by atoms with van der Waals surface area (Å²) in [5.41, 5.74) is 3.12. The molecule has 2 heterocycles. The number of ether oxygens (including phenoxy) is 1. The Morgan fingerprint density at radius 3 is 2.39 bits per heavy atom. The predicted molar refractivity (Wildman–Crippen MR) is 85.2 cm³/mol. The Bertz CT molecular complexity index is 922. The third kappa shape index (κ3) is 2.62. The van der Waals surface area contributed by atoms with Gasteiger partial charge in [0, 0.05) is 0 Å². The Hall–Kier alpha value is -3.28. The number of hydrogen-bond acceptors (Lipinski definition) is 5. The van der Waals surface area contributed by atoms with Gasteiger partial charge in [-0.2, -0.15) is 9.67 Å². The molecule has 0 radical (unpaired) electrons. The smallest absolute Gasteiger partial charge is 0.247 e. The van der Waals surface area contributed by atoms with Crippen molar-refractivity contribution in [2.45, 2.75) is 6.61 Å². The molecule has 4 rings (SSSR count). The molecule has 4 aromatic rings. The van der Waals surface area contributed by atoms with E-state index in [2.05, 4.69) is 20.3 Å². The first-order chi connectivity index (χ1) is 11.4. The van der Waals surface area contributed by atoms with Gasteiger partial charge in [0.1, 0.15) is 12.9 Å². The molecular formula is C17H13N5O. The Morgan fingerprint density at radius 2 is 1.61 bits per heavy atom. The maximum absolute atomic E-state index is 5.79. The van der Waals surface area contributed by atoms with Crippen molar-refractivity contribution in [2.24, 2.45) is 0 Å². The van der Waals surface area contributed by atoms with E-state index in [9.17, 15) is 0 Å². The molecule has 6 heteroatoms. The normalized spacial score (nSPS) is 10.8. The van der Waals surface area contributed by atoms with E-state index in [1.54, 1.807) is 4.68 Å². The Labute approximate surface area is 132 Å². The maximum atomic E-state index is 5.79. The van der Waals surface area contributed by atoms with Gasteiger partial charge < -0.3 is 4.74 Å². The summed E-state index contributed by atoms with van der Waals surface area (Å²) in [5, 5.41) is 8.34. The fraction of sp³-hybridized carbons (Fsp3) is 0.0588. The van der Waals surface area contributed by atoms with Gasteiger partial charge in [0.2, 0.25) is 5.88 Å². The van der Waals surface area contributed by atoms with Crippen LogP contribution < -0.4 is 4.74 Å². The summed E-state index contributed by atoms with van der Waals surface area (Å²) in [6.07, 6.45) is 1.46. The summed E-state index contributed by atoms with van der Waals surface area (Å²) in [7, 11) is 0. The molecule has 0 saturated heterocycles. The lowest BCUT2D eigenvalue weighted by Gasteiger charge is -2.05. The Balaban J connectivity index is 1.68. The highest BCUT2D eigenvalue weighted by Gasteiger charge is 2.13. The minimum atomic E-state index is 0.422. The molecule has 0 fully saturated rings. The minimum Gasteiger partial charge on any atom is -0.471 e. The standard InChI is InChI=1S/C17H13N5O/c1-3-7-13(8-4-1)11-23-17-15-16(18-12-19-17)22(21-20-15)14-9-5-2-6-10-14/h1-10,12H,11H2. The lowest BCUT2D eigenvalue weighted by Crippen LogP contribution is -2.00. The predicted octanol–water partition coefficient (Wildman–Crippen LogP) is 2.79. The van der Waals surface area contributed by atoms with Crippen molar-refractivity contribution in [3.05, 3.63) is 72.6 Å². The van der Waals surface area contributed by atoms with Crippen molar-refractivity contribution in [2.75, 3.05) is 0 Å². The molecule has 0 N–H and O–H groups in total. The molecule has 0 unspecified atom stereocenters. The first-order valence-corrected chi connectivity index (χ1v) is 7.20. The van der Waals surface area contributed by atoms with Crippen molar-refractivity contribution in [1.82, 2.24) is 25.0 Å². The average molecular weight is 303 g/mol. The fourth-order valence-corrected chi connectivity index (χ4v) is 2.30. The highest BCUT2D eigenvalue weighted by molar-refractivity contribution is 5.76. The van der Waals surface area contributed by atoms with Crippen LogP contribution in [0.15, 0.2) is 67.0 Å². The van der Waals surface area contributed by atoms with Crippen LogP contribution in [0.5, 0.6) is 5.88 Å². The van der Waals surface area contributed by atoms with Gasteiger partial charge in [-0.05, 0) is 17.7 Å². The quantitative estimate of drug-likeness (QED) is 0.580. The molecule has 0 aliphatic rings. The number of para-hydroxylation sites is 1. The van der Waals surface area contributed by atoms with E-state index in [-0.39, 0.29) is 0 Å². The highest BCUT2D eigenvalue weighted by atomic mass is 16.5. The zero-order chi connectivity index (χ0) is 15.5. The minimum absolute atomic E-state index is 0.422. The Kier molecular flexibility index (Phi) is 3.40. The SMILES string of the molecule is c1ccc(COc2ncnc3c2nnn3-c2ccccc2)cc1. The van der Waals surface area contributed by atoms with Crippen LogP contribution in [-0.2, 0) is 6.61 Å². The van der Waals surface area contributed by atoms with Crippen molar-refractivity contribution >= 4 is 11.2 Å². The van der Waals surface area contributed by atoms with Crippen LogP contribution in [0.25, 0.3) is 16.9 Å². The number of aromatic nitrogens is 5. The van der Waals surface area contributed by atoms with E-state index in [0.717, 1.165) is 11.3 Å². The molecule has 2 aromatic heterocycles. The van der Waals surface area contributed by atoms with E-state index in [4.69, 9.17) is 4.74 Å². The van der Waals surface area contributed by atoms with Gasteiger partial charge in [-0.25, -0.2) is 4.98 Å². The number of hydrogen-bond donors (Lipinski definition) is 0. The maximum Gasteiger partial charge on any atom is 0.247 e. The molecule has 6 nitrogen and oxygen atoms in total. The molecule has 23 heavy (non-hydrogen) atoms. The summed E-state index contributed by atoms with van der Waals surface area (Å²) in [6, 6.07) is 19.6. The number of rotatable bonds is 4. The summed E-state index contributed by atoms with van der Waals surface area (Å²) < 4.78 is 7.46. The van der Waals surface area contributed by atoms with Crippen LogP contribution >= 0.6 is 0 Å². The first kappa shape index (κ1) is 13.4. The van der Waals surface area contributed by atoms with Crippen molar-refractivity contribution in [1.29, 1.82) is 0 Å². The van der Waals surface area contributed by atoms with Crippen molar-refractivity contribution in [3.8, 4) is 11.6 Å². The lowest BCUT2D eigenvalue weighted by atomic mass is 10.2. The topological polar surface area (TPSA) is 65.7 Å². The monoisotopic (exact) mass is 303 g/mol. The van der Waals surface area contributed by atoms with Crippen LogP contribution in [0.3, 0.4) is 0 Å². The van der Waals surface area contributed by atoms with Crippen LogP contribution in [0.4, 0.5) is 0 Å². The van der Waals surface area contributed by atoms with Gasteiger partial charge in [-0.15, -0.1) is 5.10 Å². The third-order valence-corrected chi connectivity index (χ3v) is 3.42. The van der Waals surface area contributed by atoms with E-state index in [1.807, 2.05) is 60.7 Å². The zero-order valence-corrected chi connectivity index (χ0v) is 12.2. The van der Waals surface area contributed by atoms with Crippen molar-refractivity contribution in [3.63, 3.8) is 0 Å². The molecule has 2 aromatic carbocycles. The van der Waals surface area contributed by atoms with Gasteiger partial charge in [-0.3, -0.25) is 0 Å². The average Bonchev–Trinajstić information content (AvgIpc) is 3.06. The summed E-state index contributed by atoms with van der Waals surface area (Å²) in [5.74, 6) is 0.432. The van der Waals surface area contributed by atoms with Crippen LogP contribution in [0.2, 0.25) is 0 Å². The van der Waals surface area contributed by atoms with E-state index in [0.29, 0.717) is 23.7 Å². The molecule has 0 atom stereocenters. The molecule has 0 amide bonds. The van der Waals surface area contributed by atoms with E-state index in [1.165, 1.54) is 6.33 Å². The van der Waals surface area contributed by atoms with E-state index < -0.39 is 0 Å². The number of fused-ring (bicyclic) bond motifs is 1. The molecule has 0 spiro atoms. The largest absolute Gasteiger partial charge is 0.471 e. The van der Waals surface area contributed by atoms with Crippen LogP contribution in [0, 0.1) is 0 Å². The molecule has 0 aliphatic heterocycles. The first-order valence-electron chi connectivity index (χ1n) is 7.20. The third-order valence-electron chi connectivity index (χ3n) is 3.42. The molecular weight excluding hydrogens is 290 g/mol. The molecule has 0 bridgehead atoms. The van der Waals surface area contributed by atoms with Gasteiger partial charge >= 0.3 is 0 Å². The fourth-order valence-electron chi connectivity index (χ4n) is 2.30.